The van der Waals surface area contributed by atoms with Gasteiger partial charge in [-0.25, -0.2) is 0 Å². The maximum atomic E-state index is 10.9. The number of rotatable bonds is 5. The van der Waals surface area contributed by atoms with Crippen molar-refractivity contribution in [2.45, 2.75) is 19.8 Å². The molecule has 0 radical (unpaired) electrons. The molecule has 0 bridgehead atoms. The topological polar surface area (TPSA) is 66.0 Å². The number of carboxylic acids is 1. The average molecular weight is 306 g/mol. The highest BCUT2D eigenvalue weighted by molar-refractivity contribution is 5.86. The van der Waals surface area contributed by atoms with Crippen molar-refractivity contribution in [2.75, 3.05) is 0 Å². The SMILES string of the molecule is CC/C(=C\c1ccc2[nH]ncc2c1)c1cccc(CC(=O)O)c1. The van der Waals surface area contributed by atoms with E-state index in [-0.39, 0.29) is 6.42 Å². The van der Waals surface area contributed by atoms with Gasteiger partial charge in [0.05, 0.1) is 18.1 Å². The molecular formula is C19H18N2O2. The van der Waals surface area contributed by atoms with Gasteiger partial charge in [0.2, 0.25) is 0 Å². The number of hydrogen-bond acceptors (Lipinski definition) is 2. The summed E-state index contributed by atoms with van der Waals surface area (Å²) in [7, 11) is 0. The number of allylic oxidation sites excluding steroid dienone is 1. The highest BCUT2D eigenvalue weighted by atomic mass is 16.4. The molecule has 0 saturated carbocycles. The first kappa shape index (κ1) is 15.0. The Morgan fingerprint density at radius 1 is 1.26 bits per heavy atom. The van der Waals surface area contributed by atoms with E-state index < -0.39 is 5.97 Å². The molecule has 0 unspecified atom stereocenters. The van der Waals surface area contributed by atoms with Gasteiger partial charge in [0.1, 0.15) is 0 Å². The molecule has 2 aromatic carbocycles. The zero-order chi connectivity index (χ0) is 16.2. The highest BCUT2D eigenvalue weighted by Crippen LogP contribution is 2.24. The van der Waals surface area contributed by atoms with Gasteiger partial charge in [-0.05, 0) is 40.8 Å². The highest BCUT2D eigenvalue weighted by Gasteiger charge is 2.05. The quantitative estimate of drug-likeness (QED) is 0.696. The molecule has 0 aliphatic rings. The van der Waals surface area contributed by atoms with E-state index in [1.807, 2.05) is 36.5 Å². The molecule has 3 aromatic rings. The van der Waals surface area contributed by atoms with E-state index in [1.54, 1.807) is 0 Å². The van der Waals surface area contributed by atoms with Crippen LogP contribution in [0.2, 0.25) is 0 Å². The third-order valence-corrected chi connectivity index (χ3v) is 3.84. The van der Waals surface area contributed by atoms with Crippen LogP contribution in [0, 0.1) is 0 Å². The van der Waals surface area contributed by atoms with Crippen LogP contribution in [0.3, 0.4) is 0 Å². The maximum absolute atomic E-state index is 10.9. The van der Waals surface area contributed by atoms with Crippen molar-refractivity contribution in [3.05, 3.63) is 65.4 Å². The molecule has 0 aliphatic heterocycles. The first-order valence-corrected chi connectivity index (χ1v) is 7.60. The van der Waals surface area contributed by atoms with Crippen molar-refractivity contribution in [1.82, 2.24) is 10.2 Å². The number of carboxylic acid groups (broad SMARTS) is 1. The van der Waals surface area contributed by atoms with Gasteiger partial charge in [0.25, 0.3) is 0 Å². The Hall–Kier alpha value is -2.88. The summed E-state index contributed by atoms with van der Waals surface area (Å²) in [6.45, 7) is 2.10. The van der Waals surface area contributed by atoms with Crippen molar-refractivity contribution in [1.29, 1.82) is 0 Å². The molecule has 23 heavy (non-hydrogen) atoms. The summed E-state index contributed by atoms with van der Waals surface area (Å²) in [5.41, 5.74) is 5.20. The number of carbonyl (C=O) groups is 1. The first-order valence-electron chi connectivity index (χ1n) is 7.60. The number of aliphatic carboxylic acids is 1. The van der Waals surface area contributed by atoms with Gasteiger partial charge in [-0.3, -0.25) is 9.89 Å². The number of benzene rings is 2. The van der Waals surface area contributed by atoms with Crippen molar-refractivity contribution in [3.8, 4) is 0 Å². The largest absolute Gasteiger partial charge is 0.481 e. The summed E-state index contributed by atoms with van der Waals surface area (Å²) in [6.07, 6.45) is 4.88. The van der Waals surface area contributed by atoms with E-state index in [9.17, 15) is 4.79 Å². The van der Waals surface area contributed by atoms with Gasteiger partial charge in [-0.1, -0.05) is 43.3 Å². The van der Waals surface area contributed by atoms with Gasteiger partial charge in [-0.15, -0.1) is 0 Å². The maximum Gasteiger partial charge on any atom is 0.307 e. The Morgan fingerprint density at radius 2 is 2.13 bits per heavy atom. The van der Waals surface area contributed by atoms with Crippen LogP contribution in [0.4, 0.5) is 0 Å². The van der Waals surface area contributed by atoms with Crippen LogP contribution in [-0.4, -0.2) is 21.3 Å². The Kier molecular flexibility index (Phi) is 4.24. The standard InChI is InChI=1S/C19H18N2O2/c1-2-15(16-5-3-4-13(9-16)11-19(22)23)8-14-6-7-18-17(10-14)12-20-21-18/h3-10,12H,2,11H2,1H3,(H,20,21)(H,22,23)/b15-8+. The molecule has 0 spiro atoms. The molecule has 0 amide bonds. The minimum Gasteiger partial charge on any atom is -0.481 e. The second-order valence-electron chi connectivity index (χ2n) is 5.51. The van der Waals surface area contributed by atoms with Crippen LogP contribution in [0.15, 0.2) is 48.7 Å². The Morgan fingerprint density at radius 3 is 2.91 bits per heavy atom. The zero-order valence-electron chi connectivity index (χ0n) is 12.9. The van der Waals surface area contributed by atoms with Gasteiger partial charge in [0, 0.05) is 5.39 Å². The summed E-state index contributed by atoms with van der Waals surface area (Å²) in [5, 5.41) is 17.0. The minimum atomic E-state index is -0.811. The van der Waals surface area contributed by atoms with Crippen LogP contribution in [0.25, 0.3) is 22.6 Å². The number of H-pyrrole nitrogens is 1. The van der Waals surface area contributed by atoms with Crippen LogP contribution < -0.4 is 0 Å². The average Bonchev–Trinajstić information content (AvgIpc) is 3.00. The number of aromatic nitrogens is 2. The lowest BCUT2D eigenvalue weighted by atomic mass is 9.97. The summed E-state index contributed by atoms with van der Waals surface area (Å²) in [5.74, 6) is -0.811. The third kappa shape index (κ3) is 3.48. The van der Waals surface area contributed by atoms with Crippen molar-refractivity contribution >= 4 is 28.5 Å². The molecule has 4 nitrogen and oxygen atoms in total. The molecule has 0 saturated heterocycles. The van der Waals surface area contributed by atoms with E-state index in [1.165, 1.54) is 5.57 Å². The lowest BCUT2D eigenvalue weighted by Crippen LogP contribution is -2.00. The van der Waals surface area contributed by atoms with Gasteiger partial charge >= 0.3 is 5.97 Å². The number of aromatic amines is 1. The molecule has 0 fully saturated rings. The molecule has 0 aliphatic carbocycles. The van der Waals surface area contributed by atoms with E-state index in [0.29, 0.717) is 0 Å². The molecule has 116 valence electrons. The number of nitrogens with one attached hydrogen (secondary N) is 1. The van der Waals surface area contributed by atoms with Crippen LogP contribution in [0.1, 0.15) is 30.0 Å². The van der Waals surface area contributed by atoms with Gasteiger partial charge in [-0.2, -0.15) is 5.10 Å². The van der Waals surface area contributed by atoms with E-state index in [4.69, 9.17) is 5.11 Å². The molecule has 4 heteroatoms. The summed E-state index contributed by atoms with van der Waals surface area (Å²) < 4.78 is 0. The fraction of sp³-hybridized carbons (Fsp3) is 0.158. The van der Waals surface area contributed by atoms with E-state index >= 15 is 0 Å². The van der Waals surface area contributed by atoms with Crippen LogP contribution >= 0.6 is 0 Å². The molecule has 0 atom stereocenters. The summed E-state index contributed by atoms with van der Waals surface area (Å²) >= 11 is 0. The molecule has 1 heterocycles. The van der Waals surface area contributed by atoms with Crippen molar-refractivity contribution in [2.24, 2.45) is 0 Å². The Balaban J connectivity index is 1.96. The van der Waals surface area contributed by atoms with Crippen molar-refractivity contribution < 1.29 is 9.90 Å². The van der Waals surface area contributed by atoms with Gasteiger partial charge in [0.15, 0.2) is 0 Å². The van der Waals surface area contributed by atoms with Crippen molar-refractivity contribution in [3.63, 3.8) is 0 Å². The first-order chi connectivity index (χ1) is 11.2. The lowest BCUT2D eigenvalue weighted by molar-refractivity contribution is -0.136. The van der Waals surface area contributed by atoms with E-state index in [2.05, 4.69) is 35.3 Å². The molecule has 3 rings (SSSR count). The Labute approximate surface area is 134 Å². The normalized spacial score (nSPS) is 11.8. The third-order valence-electron chi connectivity index (χ3n) is 3.84. The fourth-order valence-corrected chi connectivity index (χ4v) is 2.70. The Bertz CT molecular complexity index is 878. The second kappa shape index (κ2) is 6.48. The number of nitrogens with zero attached hydrogens (tertiary/aromatic N) is 1. The number of hydrogen-bond donors (Lipinski definition) is 2. The van der Waals surface area contributed by atoms with E-state index in [0.717, 1.165) is 34.0 Å². The van der Waals surface area contributed by atoms with Gasteiger partial charge < -0.3 is 5.11 Å². The van der Waals surface area contributed by atoms with Crippen LogP contribution in [-0.2, 0) is 11.2 Å². The molecule has 1 aromatic heterocycles. The summed E-state index contributed by atoms with van der Waals surface area (Å²) in [6, 6.07) is 13.9. The molecular weight excluding hydrogens is 288 g/mol. The minimum absolute atomic E-state index is 0.0474. The smallest absolute Gasteiger partial charge is 0.307 e. The summed E-state index contributed by atoms with van der Waals surface area (Å²) in [4.78, 5) is 10.9. The second-order valence-corrected chi connectivity index (χ2v) is 5.51. The molecule has 2 N–H and O–H groups in total. The number of fused-ring (bicyclic) bond motifs is 1. The zero-order valence-corrected chi connectivity index (χ0v) is 12.9. The van der Waals surface area contributed by atoms with Crippen LogP contribution in [0.5, 0.6) is 0 Å². The predicted molar refractivity (Wildman–Crippen MR) is 92.0 cm³/mol. The fourth-order valence-electron chi connectivity index (χ4n) is 2.70. The predicted octanol–water partition coefficient (Wildman–Crippen LogP) is 4.14. The monoisotopic (exact) mass is 306 g/mol. The lowest BCUT2D eigenvalue weighted by Gasteiger charge is -2.08.